The molecule has 0 fully saturated rings. The summed E-state index contributed by atoms with van der Waals surface area (Å²) in [4.78, 5) is 49.8. The molecule has 0 aliphatic carbocycles. The first kappa shape index (κ1) is 28.8. The molecule has 0 saturated heterocycles. The van der Waals surface area contributed by atoms with Gasteiger partial charge in [-0.25, -0.2) is 9.78 Å². The topological polar surface area (TPSA) is 141 Å². The van der Waals surface area contributed by atoms with E-state index in [-0.39, 0.29) is 12.3 Å². The lowest BCUT2D eigenvalue weighted by Crippen LogP contribution is -2.24. The fraction of sp³-hybridized carbons (Fsp3) is 0.320. The molecule has 198 valence electrons. The first-order valence-electron chi connectivity index (χ1n) is 11.7. The molecule has 0 unspecified atom stereocenters. The summed E-state index contributed by atoms with van der Waals surface area (Å²) >= 11 is 7.30. The van der Waals surface area contributed by atoms with Crippen molar-refractivity contribution in [3.8, 4) is 11.3 Å². The SMILES string of the molecule is CCC(CC)(c1ccc(NC(=O)CCc2sc(NC(=O)NC)nc2-c2ccc(Cl)cc2)cc1)P(=O)(O)O. The van der Waals surface area contributed by atoms with Crippen LogP contribution in [0.3, 0.4) is 0 Å². The molecule has 1 aromatic heterocycles. The van der Waals surface area contributed by atoms with E-state index in [1.54, 1.807) is 50.2 Å². The van der Waals surface area contributed by atoms with E-state index in [1.807, 2.05) is 12.1 Å². The Balaban J connectivity index is 1.73. The van der Waals surface area contributed by atoms with E-state index in [1.165, 1.54) is 18.4 Å². The number of aryl methyl sites for hydroxylation is 1. The number of nitrogens with zero attached hydrogens (tertiary/aromatic N) is 1. The first-order valence-corrected chi connectivity index (χ1v) is 14.5. The van der Waals surface area contributed by atoms with E-state index in [9.17, 15) is 23.9 Å². The Bertz CT molecular complexity index is 1290. The van der Waals surface area contributed by atoms with Crippen molar-refractivity contribution in [2.75, 3.05) is 17.7 Å². The number of rotatable bonds is 10. The second-order valence-electron chi connectivity index (χ2n) is 8.41. The van der Waals surface area contributed by atoms with Gasteiger partial charge in [-0.2, -0.15) is 0 Å². The van der Waals surface area contributed by atoms with Gasteiger partial charge in [-0.1, -0.05) is 49.7 Å². The highest BCUT2D eigenvalue weighted by atomic mass is 35.5. The molecule has 9 nitrogen and oxygen atoms in total. The lowest BCUT2D eigenvalue weighted by molar-refractivity contribution is -0.116. The fourth-order valence-electron chi connectivity index (χ4n) is 4.12. The minimum absolute atomic E-state index is 0.167. The number of urea groups is 1. The molecule has 5 N–H and O–H groups in total. The van der Waals surface area contributed by atoms with E-state index >= 15 is 0 Å². The number of nitrogens with one attached hydrogen (secondary N) is 3. The smallest absolute Gasteiger partial charge is 0.335 e. The third kappa shape index (κ3) is 6.77. The molecule has 0 bridgehead atoms. The number of aromatic nitrogens is 1. The molecule has 0 aliphatic heterocycles. The summed E-state index contributed by atoms with van der Waals surface area (Å²) in [5.74, 6) is -0.226. The van der Waals surface area contributed by atoms with Crippen LogP contribution in [0.4, 0.5) is 15.6 Å². The Morgan fingerprint density at radius 3 is 2.19 bits per heavy atom. The molecule has 0 saturated carbocycles. The predicted molar refractivity (Wildman–Crippen MR) is 148 cm³/mol. The monoisotopic (exact) mass is 564 g/mol. The number of halogens is 1. The van der Waals surface area contributed by atoms with E-state index in [0.717, 1.165) is 10.4 Å². The molecule has 3 rings (SSSR count). The van der Waals surface area contributed by atoms with Gasteiger partial charge in [-0.05, 0) is 49.1 Å². The zero-order chi connectivity index (χ0) is 27.2. The zero-order valence-corrected chi connectivity index (χ0v) is 23.2. The lowest BCUT2D eigenvalue weighted by Gasteiger charge is -2.33. The normalized spacial score (nSPS) is 11.7. The summed E-state index contributed by atoms with van der Waals surface area (Å²) in [6.07, 6.45) is 1.14. The van der Waals surface area contributed by atoms with E-state index in [4.69, 9.17) is 11.6 Å². The van der Waals surface area contributed by atoms with Crippen LogP contribution in [0.5, 0.6) is 0 Å². The van der Waals surface area contributed by atoms with E-state index in [0.29, 0.717) is 46.4 Å². The summed E-state index contributed by atoms with van der Waals surface area (Å²) in [6.45, 7) is 3.51. The van der Waals surface area contributed by atoms with Crippen LogP contribution in [0.25, 0.3) is 11.3 Å². The summed E-state index contributed by atoms with van der Waals surface area (Å²) in [5.41, 5.74) is 2.55. The number of thiazole rings is 1. The molecule has 0 spiro atoms. The number of hydrogen-bond donors (Lipinski definition) is 5. The number of carbonyl (C=O) groups excluding carboxylic acids is 2. The van der Waals surface area contributed by atoms with Crippen LogP contribution in [0, 0.1) is 0 Å². The van der Waals surface area contributed by atoms with Crippen LogP contribution in [0.15, 0.2) is 48.5 Å². The largest absolute Gasteiger partial charge is 0.341 e. The average Bonchev–Trinajstić information content (AvgIpc) is 3.26. The van der Waals surface area contributed by atoms with E-state index in [2.05, 4.69) is 20.9 Å². The minimum atomic E-state index is -4.39. The zero-order valence-electron chi connectivity index (χ0n) is 20.7. The molecule has 1 heterocycles. The van der Waals surface area contributed by atoms with Crippen LogP contribution in [0.2, 0.25) is 5.02 Å². The van der Waals surface area contributed by atoms with Crippen molar-refractivity contribution in [3.05, 3.63) is 64.0 Å². The summed E-state index contributed by atoms with van der Waals surface area (Å²) < 4.78 is 12.2. The van der Waals surface area contributed by atoms with Crippen LogP contribution in [-0.4, -0.2) is 33.8 Å². The molecule has 12 heteroatoms. The van der Waals surface area contributed by atoms with Gasteiger partial charge in [0.15, 0.2) is 5.13 Å². The lowest BCUT2D eigenvalue weighted by atomic mass is 9.92. The highest BCUT2D eigenvalue weighted by Crippen LogP contribution is 2.60. The van der Waals surface area contributed by atoms with Crippen LogP contribution in [0.1, 0.15) is 43.6 Å². The standard InChI is InChI=1S/C25H30ClN4O5PS/c1-4-25(5-2,36(33,34)35)17-8-12-19(13-9-17)28-21(31)15-14-20-22(16-6-10-18(26)11-7-16)29-24(37-20)30-23(32)27-3/h6-13H,4-5,14-15H2,1-3H3,(H,28,31)(H2,33,34,35)(H2,27,29,30,32). The molecular formula is C25H30ClN4O5PS. The van der Waals surface area contributed by atoms with Crippen molar-refractivity contribution in [1.82, 2.24) is 10.3 Å². The van der Waals surface area contributed by atoms with Crippen molar-refractivity contribution in [3.63, 3.8) is 0 Å². The Labute approximate surface area is 224 Å². The summed E-state index contributed by atoms with van der Waals surface area (Å²) in [5, 5.41) is 7.75. The van der Waals surface area contributed by atoms with Crippen molar-refractivity contribution in [2.24, 2.45) is 0 Å². The summed E-state index contributed by atoms with van der Waals surface area (Å²) in [7, 11) is -2.88. The Morgan fingerprint density at radius 1 is 1.03 bits per heavy atom. The Kier molecular flexibility index (Phi) is 9.50. The maximum absolute atomic E-state index is 12.7. The van der Waals surface area contributed by atoms with Crippen molar-refractivity contribution in [1.29, 1.82) is 0 Å². The average molecular weight is 565 g/mol. The van der Waals surface area contributed by atoms with Gasteiger partial charge in [-0.3, -0.25) is 14.7 Å². The van der Waals surface area contributed by atoms with Gasteiger partial charge < -0.3 is 20.4 Å². The minimum Gasteiger partial charge on any atom is -0.341 e. The molecule has 3 aromatic rings. The van der Waals surface area contributed by atoms with E-state index < -0.39 is 18.8 Å². The molecule has 2 aromatic carbocycles. The van der Waals surface area contributed by atoms with Gasteiger partial charge in [0.05, 0.1) is 10.9 Å². The highest BCUT2D eigenvalue weighted by Gasteiger charge is 2.45. The van der Waals surface area contributed by atoms with Gasteiger partial charge in [-0.15, -0.1) is 11.3 Å². The second kappa shape index (κ2) is 12.2. The van der Waals surface area contributed by atoms with Gasteiger partial charge in [0, 0.05) is 34.6 Å². The summed E-state index contributed by atoms with van der Waals surface area (Å²) in [6, 6.07) is 13.4. The molecule has 3 amide bonds. The van der Waals surface area contributed by atoms with Crippen LogP contribution in [-0.2, 0) is 20.9 Å². The van der Waals surface area contributed by atoms with Crippen LogP contribution < -0.4 is 16.0 Å². The van der Waals surface area contributed by atoms with Crippen molar-refractivity contribution >= 4 is 53.3 Å². The maximum Gasteiger partial charge on any atom is 0.335 e. The van der Waals surface area contributed by atoms with Gasteiger partial charge >= 0.3 is 13.6 Å². The number of benzene rings is 2. The highest BCUT2D eigenvalue weighted by molar-refractivity contribution is 7.53. The van der Waals surface area contributed by atoms with Gasteiger partial charge in [0.25, 0.3) is 0 Å². The number of anilines is 2. The molecule has 0 atom stereocenters. The second-order valence-corrected chi connectivity index (χ2v) is 11.9. The molecular weight excluding hydrogens is 535 g/mol. The van der Waals surface area contributed by atoms with Crippen molar-refractivity contribution < 1.29 is 23.9 Å². The maximum atomic E-state index is 12.7. The fourth-order valence-corrected chi connectivity index (χ4v) is 6.53. The quantitative estimate of drug-likeness (QED) is 0.192. The van der Waals surface area contributed by atoms with Gasteiger partial charge in [0.1, 0.15) is 0 Å². The number of hydrogen-bond acceptors (Lipinski definition) is 5. The van der Waals surface area contributed by atoms with Crippen molar-refractivity contribution in [2.45, 2.75) is 44.7 Å². The third-order valence-electron chi connectivity index (χ3n) is 6.28. The molecule has 0 aliphatic rings. The number of amides is 3. The Hall–Kier alpha value is -2.75. The Morgan fingerprint density at radius 2 is 1.65 bits per heavy atom. The van der Waals surface area contributed by atoms with Crippen LogP contribution >= 0.6 is 30.5 Å². The number of carbonyl (C=O) groups is 2. The molecule has 0 radical (unpaired) electrons. The predicted octanol–water partition coefficient (Wildman–Crippen LogP) is 5.98. The third-order valence-corrected chi connectivity index (χ3v) is 9.56. The van der Waals surface area contributed by atoms with Gasteiger partial charge in [0.2, 0.25) is 5.91 Å². The first-order chi connectivity index (χ1) is 17.5. The molecule has 37 heavy (non-hydrogen) atoms.